The standard InChI is InChI=1S/C19H14F4N2O3S2/c1-2-27-15(26)8-28-13-5-9(20)3-4-10(13)19(29)24-7-14-25-17-16(23)11(21)6-12(22)18(17)30-14/h3-6H,2,7-8H2,1H3,(H,24,29). The third-order valence-electron chi connectivity index (χ3n) is 3.80. The molecule has 30 heavy (non-hydrogen) atoms. The van der Waals surface area contributed by atoms with E-state index in [1.54, 1.807) is 6.92 Å². The van der Waals surface area contributed by atoms with E-state index in [-0.39, 0.29) is 33.6 Å². The number of fused-ring (bicyclic) bond motifs is 1. The Labute approximate surface area is 177 Å². The van der Waals surface area contributed by atoms with E-state index in [9.17, 15) is 22.4 Å². The smallest absolute Gasteiger partial charge is 0.344 e. The van der Waals surface area contributed by atoms with Crippen LogP contribution in [0.4, 0.5) is 17.6 Å². The summed E-state index contributed by atoms with van der Waals surface area (Å²) < 4.78 is 64.5. The van der Waals surface area contributed by atoms with Crippen molar-refractivity contribution in [3.8, 4) is 5.75 Å². The van der Waals surface area contributed by atoms with E-state index < -0.39 is 41.4 Å². The fourth-order valence-corrected chi connectivity index (χ4v) is 3.64. The molecule has 158 valence electrons. The van der Waals surface area contributed by atoms with Crippen molar-refractivity contribution in [2.45, 2.75) is 13.5 Å². The molecule has 2 aromatic carbocycles. The summed E-state index contributed by atoms with van der Waals surface area (Å²) >= 11 is 6.12. The van der Waals surface area contributed by atoms with Gasteiger partial charge in [-0.05, 0) is 19.1 Å². The van der Waals surface area contributed by atoms with E-state index in [0.29, 0.717) is 11.6 Å². The zero-order chi connectivity index (χ0) is 21.8. The normalized spacial score (nSPS) is 10.8. The lowest BCUT2D eigenvalue weighted by molar-refractivity contribution is -0.145. The monoisotopic (exact) mass is 458 g/mol. The van der Waals surface area contributed by atoms with Crippen LogP contribution in [0.1, 0.15) is 17.5 Å². The first-order valence-electron chi connectivity index (χ1n) is 8.59. The zero-order valence-electron chi connectivity index (χ0n) is 15.4. The van der Waals surface area contributed by atoms with Crippen LogP contribution in [-0.4, -0.2) is 29.2 Å². The van der Waals surface area contributed by atoms with E-state index in [1.807, 2.05) is 0 Å². The maximum absolute atomic E-state index is 13.8. The van der Waals surface area contributed by atoms with Gasteiger partial charge in [-0.2, -0.15) is 0 Å². The van der Waals surface area contributed by atoms with Crippen molar-refractivity contribution < 1.29 is 31.8 Å². The number of ether oxygens (including phenoxy) is 2. The number of nitrogens with one attached hydrogen (secondary N) is 1. The maximum atomic E-state index is 13.8. The quantitative estimate of drug-likeness (QED) is 0.247. The van der Waals surface area contributed by atoms with E-state index in [4.69, 9.17) is 21.7 Å². The van der Waals surface area contributed by atoms with Gasteiger partial charge in [0.15, 0.2) is 18.2 Å². The third kappa shape index (κ3) is 4.85. The summed E-state index contributed by atoms with van der Waals surface area (Å²) in [6.07, 6.45) is 0. The third-order valence-corrected chi connectivity index (χ3v) is 5.23. The number of benzene rings is 2. The van der Waals surface area contributed by atoms with Gasteiger partial charge in [0.25, 0.3) is 0 Å². The Morgan fingerprint density at radius 3 is 2.70 bits per heavy atom. The van der Waals surface area contributed by atoms with Crippen LogP contribution in [0.25, 0.3) is 10.2 Å². The van der Waals surface area contributed by atoms with Gasteiger partial charge in [-0.3, -0.25) is 0 Å². The first-order chi connectivity index (χ1) is 14.3. The molecule has 0 amide bonds. The molecule has 1 aromatic heterocycles. The average Bonchev–Trinajstić information content (AvgIpc) is 3.14. The summed E-state index contributed by atoms with van der Waals surface area (Å²) in [4.78, 5) is 15.5. The fourth-order valence-electron chi connectivity index (χ4n) is 2.50. The number of halogens is 4. The molecule has 0 saturated heterocycles. The minimum atomic E-state index is -1.32. The number of esters is 1. The number of aromatic nitrogens is 1. The second kappa shape index (κ2) is 9.35. The number of hydrogen-bond donors (Lipinski definition) is 1. The number of thiocarbonyl (C=S) groups is 1. The SMILES string of the molecule is CCOC(=O)COc1cc(F)ccc1C(=S)NCc1nc2c(F)c(F)cc(F)c2s1. The highest BCUT2D eigenvalue weighted by atomic mass is 32.1. The molecule has 1 heterocycles. The van der Waals surface area contributed by atoms with Crippen molar-refractivity contribution in [3.05, 3.63) is 58.1 Å². The number of rotatable bonds is 7. The van der Waals surface area contributed by atoms with Crippen molar-refractivity contribution in [3.63, 3.8) is 0 Å². The highest BCUT2D eigenvalue weighted by Gasteiger charge is 2.18. The summed E-state index contributed by atoms with van der Waals surface area (Å²) in [7, 11) is 0. The van der Waals surface area contributed by atoms with E-state index in [2.05, 4.69) is 10.3 Å². The van der Waals surface area contributed by atoms with Gasteiger partial charge in [-0.15, -0.1) is 11.3 Å². The van der Waals surface area contributed by atoms with Crippen molar-refractivity contribution in [1.82, 2.24) is 10.3 Å². The summed E-state index contributed by atoms with van der Waals surface area (Å²) in [5.74, 6) is -4.68. The predicted octanol–water partition coefficient (Wildman–Crippen LogP) is 4.26. The molecule has 0 bridgehead atoms. The van der Waals surface area contributed by atoms with Crippen LogP contribution in [0.15, 0.2) is 24.3 Å². The van der Waals surface area contributed by atoms with Crippen molar-refractivity contribution in [1.29, 1.82) is 0 Å². The molecule has 5 nitrogen and oxygen atoms in total. The molecule has 0 fully saturated rings. The van der Waals surface area contributed by atoms with Crippen molar-refractivity contribution in [2.75, 3.05) is 13.2 Å². The zero-order valence-corrected chi connectivity index (χ0v) is 17.1. The Hall–Kier alpha value is -2.79. The first-order valence-corrected chi connectivity index (χ1v) is 9.81. The lowest BCUT2D eigenvalue weighted by atomic mass is 10.2. The predicted molar refractivity (Wildman–Crippen MR) is 107 cm³/mol. The summed E-state index contributed by atoms with van der Waals surface area (Å²) in [5.41, 5.74) is -0.110. The van der Waals surface area contributed by atoms with Gasteiger partial charge >= 0.3 is 5.97 Å². The lowest BCUT2D eigenvalue weighted by Gasteiger charge is -2.13. The van der Waals surface area contributed by atoms with Crippen LogP contribution < -0.4 is 10.1 Å². The number of carbonyl (C=O) groups is 1. The molecular weight excluding hydrogens is 444 g/mol. The van der Waals surface area contributed by atoms with Gasteiger partial charge < -0.3 is 14.8 Å². The molecule has 0 aliphatic rings. The fraction of sp³-hybridized carbons (Fsp3) is 0.211. The molecule has 0 saturated carbocycles. The minimum Gasteiger partial charge on any atom is -0.481 e. The van der Waals surface area contributed by atoms with Crippen LogP contribution in [0, 0.1) is 23.3 Å². The van der Waals surface area contributed by atoms with E-state index in [1.165, 1.54) is 6.07 Å². The summed E-state index contributed by atoms with van der Waals surface area (Å²) in [5, 5.41) is 3.08. The van der Waals surface area contributed by atoms with Crippen LogP contribution in [0.3, 0.4) is 0 Å². The Kier molecular flexibility index (Phi) is 6.83. The number of carbonyl (C=O) groups excluding carboxylic acids is 1. The molecule has 0 spiro atoms. The Bertz CT molecular complexity index is 1120. The molecule has 3 rings (SSSR count). The van der Waals surface area contributed by atoms with Crippen LogP contribution >= 0.6 is 23.6 Å². The van der Waals surface area contributed by atoms with Gasteiger partial charge in [0.05, 0.1) is 23.4 Å². The van der Waals surface area contributed by atoms with Gasteiger partial charge in [-0.25, -0.2) is 27.3 Å². The molecule has 11 heteroatoms. The number of hydrogen-bond acceptors (Lipinski definition) is 6. The van der Waals surface area contributed by atoms with Crippen LogP contribution in [0.5, 0.6) is 5.75 Å². The first kappa shape index (κ1) is 21.9. The largest absolute Gasteiger partial charge is 0.481 e. The molecule has 0 aliphatic carbocycles. The van der Waals surface area contributed by atoms with Crippen LogP contribution in [0.2, 0.25) is 0 Å². The highest BCUT2D eigenvalue weighted by molar-refractivity contribution is 7.80. The van der Waals surface area contributed by atoms with E-state index in [0.717, 1.165) is 23.5 Å². The second-order valence-corrected chi connectivity index (χ2v) is 7.35. The van der Waals surface area contributed by atoms with Gasteiger partial charge in [-0.1, -0.05) is 12.2 Å². The number of thiazole rings is 1. The Morgan fingerprint density at radius 2 is 1.97 bits per heavy atom. The minimum absolute atomic E-state index is 0.0176. The maximum Gasteiger partial charge on any atom is 0.344 e. The molecule has 3 aromatic rings. The average molecular weight is 458 g/mol. The van der Waals surface area contributed by atoms with Crippen LogP contribution in [-0.2, 0) is 16.1 Å². The summed E-state index contributed by atoms with van der Waals surface area (Å²) in [6.45, 7) is 1.35. The van der Waals surface area contributed by atoms with Crippen molar-refractivity contribution in [2.24, 2.45) is 0 Å². The van der Waals surface area contributed by atoms with Gasteiger partial charge in [0.2, 0.25) is 0 Å². The molecule has 0 aliphatic heterocycles. The molecule has 1 N–H and O–H groups in total. The van der Waals surface area contributed by atoms with Crippen molar-refractivity contribution >= 4 is 44.7 Å². The second-order valence-electron chi connectivity index (χ2n) is 5.86. The Morgan fingerprint density at radius 1 is 1.20 bits per heavy atom. The molecule has 0 atom stereocenters. The molecular formula is C19H14F4N2O3S2. The topological polar surface area (TPSA) is 60.5 Å². The van der Waals surface area contributed by atoms with E-state index >= 15 is 0 Å². The Balaban J connectivity index is 1.75. The summed E-state index contributed by atoms with van der Waals surface area (Å²) in [6, 6.07) is 4.04. The van der Waals surface area contributed by atoms with Gasteiger partial charge in [0, 0.05) is 12.1 Å². The van der Waals surface area contributed by atoms with Gasteiger partial charge in [0.1, 0.15) is 32.9 Å². The molecule has 0 unspecified atom stereocenters. The lowest BCUT2D eigenvalue weighted by Crippen LogP contribution is -2.23. The highest BCUT2D eigenvalue weighted by Crippen LogP contribution is 2.29. The number of nitrogens with zero attached hydrogens (tertiary/aromatic N) is 1. The molecule has 0 radical (unpaired) electrons.